The lowest BCUT2D eigenvalue weighted by Gasteiger charge is -2.17. The number of nitrogens with zero attached hydrogens (tertiary/aromatic N) is 4. The van der Waals surface area contributed by atoms with Gasteiger partial charge in [-0.1, -0.05) is 12.1 Å². The van der Waals surface area contributed by atoms with E-state index in [-0.39, 0.29) is 0 Å². The number of nitrogens with one attached hydrogen (secondary N) is 2. The first-order valence-corrected chi connectivity index (χ1v) is 7.93. The molecule has 1 aromatic carbocycles. The summed E-state index contributed by atoms with van der Waals surface area (Å²) in [4.78, 5) is 13.1. The van der Waals surface area contributed by atoms with Gasteiger partial charge in [0.2, 0.25) is 0 Å². The smallest absolute Gasteiger partial charge is 0.150 e. The van der Waals surface area contributed by atoms with E-state index in [1.165, 1.54) is 0 Å². The van der Waals surface area contributed by atoms with Crippen LogP contribution in [-0.4, -0.2) is 47.8 Å². The summed E-state index contributed by atoms with van der Waals surface area (Å²) in [6.07, 6.45) is 4.76. The number of benzene rings is 1. The summed E-state index contributed by atoms with van der Waals surface area (Å²) in [6.45, 7) is 0. The second-order valence-corrected chi connectivity index (χ2v) is 5.79. The highest BCUT2D eigenvalue weighted by Gasteiger charge is 2.16. The van der Waals surface area contributed by atoms with Crippen LogP contribution in [0.1, 0.15) is 5.56 Å². The van der Waals surface area contributed by atoms with Crippen molar-refractivity contribution in [3.8, 4) is 22.4 Å². The Labute approximate surface area is 146 Å². The van der Waals surface area contributed by atoms with Gasteiger partial charge in [-0.2, -0.15) is 5.10 Å². The fourth-order valence-electron chi connectivity index (χ4n) is 2.82. The van der Waals surface area contributed by atoms with Gasteiger partial charge in [0.1, 0.15) is 6.29 Å². The second-order valence-electron chi connectivity index (χ2n) is 5.79. The van der Waals surface area contributed by atoms with Crippen molar-refractivity contribution in [1.82, 2.24) is 20.4 Å². The van der Waals surface area contributed by atoms with E-state index in [0.717, 1.165) is 45.7 Å². The lowest BCUT2D eigenvalue weighted by molar-refractivity contribution is -0.107. The quantitative estimate of drug-likeness (QED) is 0.672. The second kappa shape index (κ2) is 7.12. The zero-order chi connectivity index (χ0) is 17.8. The fourth-order valence-corrected chi connectivity index (χ4v) is 2.82. The van der Waals surface area contributed by atoms with Crippen LogP contribution in [0.5, 0.6) is 0 Å². The van der Waals surface area contributed by atoms with Gasteiger partial charge in [0.15, 0.2) is 5.82 Å². The lowest BCUT2D eigenvalue weighted by Crippen LogP contribution is -2.11. The van der Waals surface area contributed by atoms with Crippen LogP contribution in [0, 0.1) is 0 Å². The standard InChI is InChI=1S/C18H20N6O/c1-19-18-14(8-9-25)13(12-10-20-21-11-12)4-5-15(18)16-6-7-17(23-22-16)24(2)3/h4-7,9-11,19H,8H2,1-3H3,(H,20,21). The van der Waals surface area contributed by atoms with Crippen LogP contribution < -0.4 is 10.2 Å². The first kappa shape index (κ1) is 16.6. The van der Waals surface area contributed by atoms with Crippen molar-refractivity contribution in [3.05, 3.63) is 42.2 Å². The Bertz CT molecular complexity index is 856. The molecular weight excluding hydrogens is 316 g/mol. The molecule has 0 amide bonds. The third-order valence-corrected chi connectivity index (χ3v) is 4.04. The van der Waals surface area contributed by atoms with Crippen LogP contribution >= 0.6 is 0 Å². The number of rotatable bonds is 6. The van der Waals surface area contributed by atoms with E-state index < -0.39 is 0 Å². The van der Waals surface area contributed by atoms with Crippen molar-refractivity contribution in [2.24, 2.45) is 0 Å². The highest BCUT2D eigenvalue weighted by atomic mass is 16.1. The monoisotopic (exact) mass is 336 g/mol. The minimum atomic E-state index is 0.299. The van der Waals surface area contributed by atoms with E-state index in [0.29, 0.717) is 6.42 Å². The van der Waals surface area contributed by atoms with Crippen LogP contribution in [0.15, 0.2) is 36.7 Å². The van der Waals surface area contributed by atoms with Crippen molar-refractivity contribution in [3.63, 3.8) is 0 Å². The topological polar surface area (TPSA) is 86.8 Å². The van der Waals surface area contributed by atoms with Crippen LogP contribution in [0.25, 0.3) is 22.4 Å². The average molecular weight is 336 g/mol. The third-order valence-electron chi connectivity index (χ3n) is 4.04. The van der Waals surface area contributed by atoms with Gasteiger partial charge >= 0.3 is 0 Å². The van der Waals surface area contributed by atoms with Crippen molar-refractivity contribution in [1.29, 1.82) is 0 Å². The predicted octanol–water partition coefficient (Wildman–Crippen LogP) is 2.38. The largest absolute Gasteiger partial charge is 0.387 e. The molecule has 0 aliphatic rings. The van der Waals surface area contributed by atoms with Crippen LogP contribution in [0.4, 0.5) is 11.5 Å². The van der Waals surface area contributed by atoms with Crippen LogP contribution in [0.3, 0.4) is 0 Å². The molecular formula is C18H20N6O. The molecule has 0 spiro atoms. The Balaban J connectivity index is 2.14. The maximum atomic E-state index is 11.2. The highest BCUT2D eigenvalue weighted by Crippen LogP contribution is 2.36. The van der Waals surface area contributed by atoms with Gasteiger partial charge in [0.25, 0.3) is 0 Å². The van der Waals surface area contributed by atoms with E-state index in [1.807, 2.05) is 56.5 Å². The Kier molecular flexibility index (Phi) is 4.74. The zero-order valence-corrected chi connectivity index (χ0v) is 14.4. The SMILES string of the molecule is CNc1c(-c2ccc(N(C)C)nn2)ccc(-c2cn[nH]c2)c1CC=O. The Morgan fingerprint density at radius 1 is 1.16 bits per heavy atom. The van der Waals surface area contributed by atoms with Gasteiger partial charge in [-0.25, -0.2) is 0 Å². The molecule has 128 valence electrons. The number of aldehydes is 1. The van der Waals surface area contributed by atoms with Crippen molar-refractivity contribution in [2.45, 2.75) is 6.42 Å². The minimum Gasteiger partial charge on any atom is -0.387 e. The molecule has 0 atom stereocenters. The van der Waals surface area contributed by atoms with Crippen LogP contribution in [-0.2, 0) is 11.2 Å². The molecule has 0 unspecified atom stereocenters. The number of anilines is 2. The minimum absolute atomic E-state index is 0.299. The summed E-state index contributed by atoms with van der Waals surface area (Å²) < 4.78 is 0. The molecule has 0 aliphatic carbocycles. The number of H-pyrrole nitrogens is 1. The molecule has 0 radical (unpaired) electrons. The van der Waals surface area contributed by atoms with Crippen molar-refractivity contribution < 1.29 is 4.79 Å². The van der Waals surface area contributed by atoms with E-state index in [9.17, 15) is 4.79 Å². The molecule has 0 saturated heterocycles. The van der Waals surface area contributed by atoms with E-state index in [2.05, 4.69) is 25.7 Å². The summed E-state index contributed by atoms with van der Waals surface area (Å²) in [7, 11) is 5.68. The number of hydrogen-bond acceptors (Lipinski definition) is 6. The van der Waals surface area contributed by atoms with Gasteiger partial charge < -0.3 is 15.0 Å². The third kappa shape index (κ3) is 3.21. The summed E-state index contributed by atoms with van der Waals surface area (Å²) in [6, 6.07) is 7.83. The zero-order valence-electron chi connectivity index (χ0n) is 14.4. The molecule has 2 aromatic heterocycles. The molecule has 0 fully saturated rings. The van der Waals surface area contributed by atoms with Gasteiger partial charge in [-0.05, 0) is 23.3 Å². The van der Waals surface area contributed by atoms with E-state index in [1.54, 1.807) is 6.20 Å². The Morgan fingerprint density at radius 3 is 2.52 bits per heavy atom. The summed E-state index contributed by atoms with van der Waals surface area (Å²) >= 11 is 0. The van der Waals surface area contributed by atoms with Crippen molar-refractivity contribution >= 4 is 17.8 Å². The summed E-state index contributed by atoms with van der Waals surface area (Å²) in [5, 5.41) is 18.6. The summed E-state index contributed by atoms with van der Waals surface area (Å²) in [5.41, 5.74) is 5.35. The number of aromatic nitrogens is 4. The first-order chi connectivity index (χ1) is 12.2. The van der Waals surface area contributed by atoms with Gasteiger partial charge in [0, 0.05) is 50.6 Å². The van der Waals surface area contributed by atoms with Gasteiger partial charge in [0.05, 0.1) is 11.9 Å². The normalized spacial score (nSPS) is 10.5. The van der Waals surface area contributed by atoms with Crippen molar-refractivity contribution in [2.75, 3.05) is 31.4 Å². The molecule has 0 saturated carbocycles. The molecule has 2 heterocycles. The molecule has 7 nitrogen and oxygen atoms in total. The number of carbonyl (C=O) groups excluding carboxylic acids is 1. The molecule has 0 bridgehead atoms. The molecule has 25 heavy (non-hydrogen) atoms. The number of carbonyl (C=O) groups is 1. The first-order valence-electron chi connectivity index (χ1n) is 7.93. The number of hydrogen-bond donors (Lipinski definition) is 2. The summed E-state index contributed by atoms with van der Waals surface area (Å²) in [5.74, 6) is 0.790. The molecule has 3 aromatic rings. The maximum Gasteiger partial charge on any atom is 0.150 e. The van der Waals surface area contributed by atoms with E-state index >= 15 is 0 Å². The highest BCUT2D eigenvalue weighted by molar-refractivity contribution is 5.87. The lowest BCUT2D eigenvalue weighted by atomic mass is 9.94. The Hall–Kier alpha value is -3.22. The molecule has 2 N–H and O–H groups in total. The average Bonchev–Trinajstić information content (AvgIpc) is 3.16. The van der Waals surface area contributed by atoms with Gasteiger partial charge in [-0.15, -0.1) is 10.2 Å². The van der Waals surface area contributed by atoms with Gasteiger partial charge in [-0.3, -0.25) is 5.10 Å². The maximum absolute atomic E-state index is 11.2. The number of aromatic amines is 1. The van der Waals surface area contributed by atoms with Crippen LogP contribution in [0.2, 0.25) is 0 Å². The fraction of sp³-hybridized carbons (Fsp3) is 0.222. The molecule has 3 rings (SSSR count). The Morgan fingerprint density at radius 2 is 1.96 bits per heavy atom. The molecule has 7 heteroatoms. The predicted molar refractivity (Wildman–Crippen MR) is 98.7 cm³/mol. The van der Waals surface area contributed by atoms with E-state index in [4.69, 9.17) is 0 Å². The molecule has 0 aliphatic heterocycles.